The summed E-state index contributed by atoms with van der Waals surface area (Å²) in [4.78, 5) is 23.8. The zero-order chi connectivity index (χ0) is 30.5. The maximum Gasteiger partial charge on any atom is 0.238 e. The number of aromatic nitrogens is 7. The highest BCUT2D eigenvalue weighted by Gasteiger charge is 2.27. The van der Waals surface area contributed by atoms with Crippen LogP contribution in [0.1, 0.15) is 38.2 Å². The fraction of sp³-hybridized carbons (Fsp3) is 0.393. The van der Waals surface area contributed by atoms with Crippen LogP contribution in [0.25, 0.3) is 27.7 Å². The zero-order valence-corrected chi connectivity index (χ0v) is 25.6. The minimum absolute atomic E-state index is 0.0786. The van der Waals surface area contributed by atoms with Crippen LogP contribution in [-0.2, 0) is 14.8 Å². The van der Waals surface area contributed by atoms with E-state index in [2.05, 4.69) is 55.6 Å². The number of fused-ring (bicyclic) bond motifs is 2. The maximum absolute atomic E-state index is 12.0. The van der Waals surface area contributed by atoms with Crippen molar-refractivity contribution in [3.05, 3.63) is 48.4 Å². The van der Waals surface area contributed by atoms with Gasteiger partial charge in [0.2, 0.25) is 15.9 Å². The number of pyridine rings is 1. The number of hydrogen-bond acceptors (Lipinski definition) is 11. The van der Waals surface area contributed by atoms with Gasteiger partial charge in [-0.15, -0.1) is 0 Å². The predicted molar refractivity (Wildman–Crippen MR) is 164 cm³/mol. The second kappa shape index (κ2) is 11.0. The van der Waals surface area contributed by atoms with Crippen molar-refractivity contribution in [2.75, 3.05) is 41.4 Å². The molecule has 0 saturated carbocycles. The molecule has 3 N–H and O–H groups in total. The molecule has 43 heavy (non-hydrogen) atoms. The number of sulfonamides is 1. The van der Waals surface area contributed by atoms with E-state index < -0.39 is 10.0 Å². The standard InChI is InChI=1S/C28H34N10O4S/c1-15-7-8-38-23(15)27(37-12-16(2)42-17(3)13-37)34-24(35-38)18(4)33-26-22-20(11-29-25(22)31-14-32-26)19-9-21(36-43(6,39)40)28(41-5)30-10-19/h7-11,14,16-18,36H,12-13H2,1-6H3,(H2,29,31,32,33)/t16-,17+,18-/m0/s1. The molecule has 0 amide bonds. The minimum Gasteiger partial charge on any atom is -0.480 e. The first-order valence-electron chi connectivity index (χ1n) is 13.9. The molecule has 0 radical (unpaired) electrons. The number of H-pyrrole nitrogens is 1. The Bertz CT molecular complexity index is 1910. The number of morpholine rings is 1. The molecule has 6 rings (SSSR count). The fourth-order valence-electron chi connectivity index (χ4n) is 5.53. The van der Waals surface area contributed by atoms with Gasteiger partial charge in [-0.05, 0) is 45.4 Å². The minimum atomic E-state index is -3.57. The van der Waals surface area contributed by atoms with E-state index in [0.717, 1.165) is 41.8 Å². The molecule has 0 unspecified atom stereocenters. The SMILES string of the molecule is COc1ncc(-c2c[nH]c3ncnc(N[C@@H](C)c4nc(N5C[C@@H](C)O[C@@H](C)C5)c5c(C)ccn5n4)c23)cc1NS(C)(=O)=O. The van der Waals surface area contributed by atoms with Crippen molar-refractivity contribution in [1.29, 1.82) is 0 Å². The van der Waals surface area contributed by atoms with E-state index in [-0.39, 0.29) is 29.8 Å². The number of anilines is 3. The van der Waals surface area contributed by atoms with Gasteiger partial charge in [-0.3, -0.25) is 4.72 Å². The van der Waals surface area contributed by atoms with Crippen molar-refractivity contribution in [1.82, 2.24) is 34.5 Å². The Morgan fingerprint density at radius 2 is 1.95 bits per heavy atom. The van der Waals surface area contributed by atoms with Crippen LogP contribution in [0.15, 0.2) is 37.1 Å². The third kappa shape index (κ3) is 5.64. The summed E-state index contributed by atoms with van der Waals surface area (Å²) in [6.07, 6.45) is 8.05. The van der Waals surface area contributed by atoms with E-state index in [0.29, 0.717) is 28.2 Å². The second-order valence-corrected chi connectivity index (χ2v) is 12.7. The summed E-state index contributed by atoms with van der Waals surface area (Å²) in [6.45, 7) is 9.65. The number of ether oxygens (including phenoxy) is 2. The molecule has 1 aliphatic rings. The highest BCUT2D eigenvalue weighted by atomic mass is 32.2. The third-order valence-corrected chi connectivity index (χ3v) is 7.88. The molecule has 0 bridgehead atoms. The van der Waals surface area contributed by atoms with Crippen LogP contribution in [0.4, 0.5) is 17.3 Å². The molecule has 6 heterocycles. The average molecular weight is 607 g/mol. The summed E-state index contributed by atoms with van der Waals surface area (Å²) in [6, 6.07) is 3.37. The molecular weight excluding hydrogens is 572 g/mol. The van der Waals surface area contributed by atoms with Gasteiger partial charge in [-0.25, -0.2) is 32.9 Å². The Morgan fingerprint density at radius 1 is 1.19 bits per heavy atom. The van der Waals surface area contributed by atoms with Gasteiger partial charge in [0.25, 0.3) is 0 Å². The number of aromatic amines is 1. The number of aryl methyl sites for hydroxylation is 1. The molecule has 1 aliphatic heterocycles. The summed E-state index contributed by atoms with van der Waals surface area (Å²) in [5.41, 5.74) is 4.26. The predicted octanol–water partition coefficient (Wildman–Crippen LogP) is 3.54. The molecular formula is C28H34N10O4S. The molecule has 5 aromatic heterocycles. The quantitative estimate of drug-likeness (QED) is 0.237. The van der Waals surface area contributed by atoms with Crippen LogP contribution in [0.2, 0.25) is 0 Å². The van der Waals surface area contributed by atoms with Gasteiger partial charge in [0, 0.05) is 42.8 Å². The Labute approximate surface area is 248 Å². The molecule has 0 aliphatic carbocycles. The van der Waals surface area contributed by atoms with Gasteiger partial charge in [0.15, 0.2) is 11.6 Å². The molecule has 1 fully saturated rings. The number of rotatable bonds is 8. The number of methoxy groups -OCH3 is 1. The zero-order valence-electron chi connectivity index (χ0n) is 24.8. The molecule has 226 valence electrons. The molecule has 5 aromatic rings. The summed E-state index contributed by atoms with van der Waals surface area (Å²) >= 11 is 0. The second-order valence-electron chi connectivity index (χ2n) is 10.9. The summed E-state index contributed by atoms with van der Waals surface area (Å²) in [7, 11) is -2.14. The monoisotopic (exact) mass is 606 g/mol. The van der Waals surface area contributed by atoms with Crippen LogP contribution in [0, 0.1) is 6.92 Å². The average Bonchev–Trinajstić information content (AvgIpc) is 3.55. The topological polar surface area (TPSA) is 165 Å². The first-order chi connectivity index (χ1) is 20.5. The molecule has 14 nitrogen and oxygen atoms in total. The van der Waals surface area contributed by atoms with Gasteiger partial charge in [0.05, 0.1) is 37.0 Å². The van der Waals surface area contributed by atoms with Gasteiger partial charge in [-0.2, -0.15) is 5.10 Å². The van der Waals surface area contributed by atoms with Crippen molar-refractivity contribution in [3.63, 3.8) is 0 Å². The first-order valence-corrected chi connectivity index (χ1v) is 15.8. The lowest BCUT2D eigenvalue weighted by Crippen LogP contribution is -2.46. The molecule has 1 saturated heterocycles. The summed E-state index contributed by atoms with van der Waals surface area (Å²) in [5.74, 6) is 2.18. The van der Waals surface area contributed by atoms with E-state index in [1.807, 2.05) is 23.7 Å². The Kier molecular flexibility index (Phi) is 7.30. The Hall–Kier alpha value is -4.50. The highest BCUT2D eigenvalue weighted by Crippen LogP contribution is 2.36. The van der Waals surface area contributed by atoms with Gasteiger partial charge in [0.1, 0.15) is 29.0 Å². The van der Waals surface area contributed by atoms with Crippen LogP contribution in [0.3, 0.4) is 0 Å². The van der Waals surface area contributed by atoms with Crippen LogP contribution in [-0.4, -0.2) is 81.6 Å². The van der Waals surface area contributed by atoms with Crippen molar-refractivity contribution >= 4 is 43.9 Å². The number of nitrogens with zero attached hydrogens (tertiary/aromatic N) is 7. The lowest BCUT2D eigenvalue weighted by atomic mass is 10.1. The van der Waals surface area contributed by atoms with Crippen LogP contribution in [0.5, 0.6) is 5.88 Å². The van der Waals surface area contributed by atoms with E-state index >= 15 is 0 Å². The first kappa shape index (κ1) is 28.6. The van der Waals surface area contributed by atoms with Crippen molar-refractivity contribution in [2.24, 2.45) is 0 Å². The van der Waals surface area contributed by atoms with E-state index in [1.165, 1.54) is 13.4 Å². The van der Waals surface area contributed by atoms with E-state index in [4.69, 9.17) is 19.6 Å². The van der Waals surface area contributed by atoms with Crippen molar-refractivity contribution < 1.29 is 17.9 Å². The lowest BCUT2D eigenvalue weighted by molar-refractivity contribution is -0.00541. The van der Waals surface area contributed by atoms with Crippen LogP contribution < -0.4 is 19.7 Å². The van der Waals surface area contributed by atoms with E-state index in [1.54, 1.807) is 18.5 Å². The third-order valence-electron chi connectivity index (χ3n) is 7.29. The molecule has 0 aromatic carbocycles. The summed E-state index contributed by atoms with van der Waals surface area (Å²) in [5, 5.41) is 9.04. The van der Waals surface area contributed by atoms with Gasteiger partial charge >= 0.3 is 0 Å². The molecule has 15 heteroatoms. The smallest absolute Gasteiger partial charge is 0.238 e. The number of hydrogen-bond donors (Lipinski definition) is 3. The fourth-order valence-corrected chi connectivity index (χ4v) is 6.08. The highest BCUT2D eigenvalue weighted by molar-refractivity contribution is 7.92. The van der Waals surface area contributed by atoms with Gasteiger partial charge in [-0.1, -0.05) is 0 Å². The van der Waals surface area contributed by atoms with Gasteiger partial charge < -0.3 is 24.7 Å². The van der Waals surface area contributed by atoms with Crippen molar-refractivity contribution in [2.45, 2.75) is 45.9 Å². The number of nitrogens with one attached hydrogen (secondary N) is 3. The molecule has 0 spiro atoms. The molecule has 3 atom stereocenters. The normalized spacial score (nSPS) is 18.2. The maximum atomic E-state index is 12.0. The lowest BCUT2D eigenvalue weighted by Gasteiger charge is -2.36. The van der Waals surface area contributed by atoms with Crippen LogP contribution >= 0.6 is 0 Å². The summed E-state index contributed by atoms with van der Waals surface area (Å²) < 4.78 is 39.5. The largest absolute Gasteiger partial charge is 0.480 e. The van der Waals surface area contributed by atoms with Crippen molar-refractivity contribution in [3.8, 4) is 17.0 Å². The van der Waals surface area contributed by atoms with E-state index in [9.17, 15) is 8.42 Å². The Morgan fingerprint density at radius 3 is 2.67 bits per heavy atom. The Balaban J connectivity index is 1.38.